The Labute approximate surface area is 171 Å². The van der Waals surface area contributed by atoms with Gasteiger partial charge in [-0.1, -0.05) is 24.3 Å². The summed E-state index contributed by atoms with van der Waals surface area (Å²) in [6, 6.07) is 22.3. The summed E-state index contributed by atoms with van der Waals surface area (Å²) in [5, 5.41) is 12.1. The number of nitrogens with one attached hydrogen (secondary N) is 1. The number of amides is 1. The van der Waals surface area contributed by atoms with Crippen LogP contribution in [-0.4, -0.2) is 20.0 Å². The lowest BCUT2D eigenvalue weighted by Gasteiger charge is -2.16. The molecule has 0 atom stereocenters. The largest absolute Gasteiger partial charge is 0.489 e. The van der Waals surface area contributed by atoms with Gasteiger partial charge in [0.2, 0.25) is 0 Å². The van der Waals surface area contributed by atoms with E-state index < -0.39 is 0 Å². The molecule has 0 aliphatic rings. The quantitative estimate of drug-likeness (QED) is 0.664. The Morgan fingerprint density at radius 2 is 1.86 bits per heavy atom. The number of anilines is 2. The van der Waals surface area contributed by atoms with Crippen LogP contribution >= 0.6 is 0 Å². The number of nitriles is 1. The van der Waals surface area contributed by atoms with Crippen LogP contribution in [0.5, 0.6) is 5.75 Å². The molecule has 0 aliphatic carbocycles. The Balaban J connectivity index is 1.69. The Kier molecular flexibility index (Phi) is 6.16. The van der Waals surface area contributed by atoms with Crippen LogP contribution in [0.3, 0.4) is 0 Å². The van der Waals surface area contributed by atoms with E-state index in [1.807, 2.05) is 62.3 Å². The van der Waals surface area contributed by atoms with Crippen molar-refractivity contribution in [3.63, 3.8) is 0 Å². The summed E-state index contributed by atoms with van der Waals surface area (Å²) in [7, 11) is 3.97. The van der Waals surface area contributed by atoms with Gasteiger partial charge in [-0.15, -0.1) is 0 Å². The van der Waals surface area contributed by atoms with Crippen LogP contribution in [0.4, 0.5) is 11.4 Å². The van der Waals surface area contributed by atoms with Crippen LogP contribution in [0.25, 0.3) is 0 Å². The summed E-state index contributed by atoms with van der Waals surface area (Å²) in [6.07, 6.45) is 0. The number of ether oxygens (including phenoxy) is 1. The number of hydrogen-bond donors (Lipinski definition) is 1. The zero-order valence-electron chi connectivity index (χ0n) is 16.8. The number of hydrogen-bond acceptors (Lipinski definition) is 4. The molecular formula is C24H23N3O2. The Morgan fingerprint density at radius 3 is 2.59 bits per heavy atom. The van der Waals surface area contributed by atoms with Crippen LogP contribution in [-0.2, 0) is 6.61 Å². The van der Waals surface area contributed by atoms with E-state index >= 15 is 0 Å². The van der Waals surface area contributed by atoms with Crippen molar-refractivity contribution >= 4 is 17.3 Å². The van der Waals surface area contributed by atoms with E-state index in [1.54, 1.807) is 30.3 Å². The van der Waals surface area contributed by atoms with Crippen molar-refractivity contribution in [3.8, 4) is 11.8 Å². The second-order valence-electron chi connectivity index (χ2n) is 6.94. The van der Waals surface area contributed by atoms with Crippen molar-refractivity contribution in [2.24, 2.45) is 0 Å². The number of carbonyl (C=O) groups is 1. The fourth-order valence-electron chi connectivity index (χ4n) is 3.08. The van der Waals surface area contributed by atoms with Gasteiger partial charge >= 0.3 is 0 Å². The first-order chi connectivity index (χ1) is 14.0. The lowest BCUT2D eigenvalue weighted by molar-refractivity contribution is 0.102. The molecule has 0 radical (unpaired) electrons. The standard InChI is InChI=1S/C24H23N3O2/c1-17-13-21(11-12-23(17)27(2)3)26-24(28)18-9-6-10-22(14-18)29-16-20-8-5-4-7-19(20)15-25/h4-14H,16H2,1-3H3,(H,26,28). The van der Waals surface area contributed by atoms with Gasteiger partial charge in [-0.3, -0.25) is 4.79 Å². The molecule has 0 saturated carbocycles. The fraction of sp³-hybridized carbons (Fsp3) is 0.167. The van der Waals surface area contributed by atoms with Crippen molar-refractivity contribution < 1.29 is 9.53 Å². The van der Waals surface area contributed by atoms with Crippen LogP contribution < -0.4 is 15.0 Å². The van der Waals surface area contributed by atoms with E-state index in [9.17, 15) is 10.1 Å². The third-order valence-corrected chi connectivity index (χ3v) is 4.56. The van der Waals surface area contributed by atoms with Gasteiger partial charge in [-0.25, -0.2) is 0 Å². The maximum Gasteiger partial charge on any atom is 0.255 e. The van der Waals surface area contributed by atoms with Gasteiger partial charge in [0.05, 0.1) is 11.6 Å². The first-order valence-electron chi connectivity index (χ1n) is 9.28. The second-order valence-corrected chi connectivity index (χ2v) is 6.94. The molecule has 0 bridgehead atoms. The molecule has 0 saturated heterocycles. The summed E-state index contributed by atoms with van der Waals surface area (Å²) in [6.45, 7) is 2.28. The highest BCUT2D eigenvalue weighted by molar-refractivity contribution is 6.04. The topological polar surface area (TPSA) is 65.4 Å². The van der Waals surface area contributed by atoms with Gasteiger partial charge in [0, 0.05) is 36.6 Å². The molecule has 0 aromatic heterocycles. The Hall–Kier alpha value is -3.78. The molecule has 5 heteroatoms. The van der Waals surface area contributed by atoms with E-state index in [-0.39, 0.29) is 12.5 Å². The summed E-state index contributed by atoms with van der Waals surface area (Å²) in [4.78, 5) is 14.7. The van der Waals surface area contributed by atoms with E-state index in [1.165, 1.54) is 0 Å². The first-order valence-corrected chi connectivity index (χ1v) is 9.28. The number of benzene rings is 3. The molecule has 1 amide bonds. The highest BCUT2D eigenvalue weighted by Crippen LogP contribution is 2.23. The molecule has 5 nitrogen and oxygen atoms in total. The van der Waals surface area contributed by atoms with Gasteiger partial charge in [-0.2, -0.15) is 5.26 Å². The lowest BCUT2D eigenvalue weighted by Crippen LogP contribution is -2.13. The number of nitrogens with zero attached hydrogens (tertiary/aromatic N) is 2. The maximum atomic E-state index is 12.7. The minimum atomic E-state index is -0.204. The van der Waals surface area contributed by atoms with E-state index in [0.717, 1.165) is 22.5 Å². The minimum absolute atomic E-state index is 0.204. The molecule has 1 N–H and O–H groups in total. The summed E-state index contributed by atoms with van der Waals surface area (Å²) < 4.78 is 5.80. The van der Waals surface area contributed by atoms with Gasteiger partial charge < -0.3 is 15.0 Å². The van der Waals surface area contributed by atoms with Crippen molar-refractivity contribution in [2.45, 2.75) is 13.5 Å². The van der Waals surface area contributed by atoms with Gasteiger partial charge in [0.25, 0.3) is 5.91 Å². The van der Waals surface area contributed by atoms with E-state index in [0.29, 0.717) is 16.9 Å². The molecule has 3 rings (SSSR count). The average molecular weight is 385 g/mol. The zero-order valence-corrected chi connectivity index (χ0v) is 16.8. The van der Waals surface area contributed by atoms with E-state index in [4.69, 9.17) is 4.74 Å². The highest BCUT2D eigenvalue weighted by Gasteiger charge is 2.10. The van der Waals surface area contributed by atoms with Crippen molar-refractivity contribution in [1.29, 1.82) is 5.26 Å². The smallest absolute Gasteiger partial charge is 0.255 e. The number of carbonyl (C=O) groups excluding carboxylic acids is 1. The molecule has 0 aliphatic heterocycles. The van der Waals surface area contributed by atoms with Crippen LogP contribution in [0.1, 0.15) is 27.0 Å². The predicted molar refractivity (Wildman–Crippen MR) is 115 cm³/mol. The van der Waals surface area contributed by atoms with Gasteiger partial charge in [0.1, 0.15) is 12.4 Å². The van der Waals surface area contributed by atoms with Crippen molar-refractivity contribution in [1.82, 2.24) is 0 Å². The van der Waals surface area contributed by atoms with Crippen LogP contribution in [0.2, 0.25) is 0 Å². The molecule has 0 unspecified atom stereocenters. The summed E-state index contributed by atoms with van der Waals surface area (Å²) in [5.41, 5.74) is 4.83. The van der Waals surface area contributed by atoms with Crippen molar-refractivity contribution in [2.75, 3.05) is 24.3 Å². The molecule has 3 aromatic rings. The summed E-state index contributed by atoms with van der Waals surface area (Å²) in [5.74, 6) is 0.370. The first kappa shape index (κ1) is 20.0. The van der Waals surface area contributed by atoms with Crippen LogP contribution in [0.15, 0.2) is 66.7 Å². The van der Waals surface area contributed by atoms with Gasteiger partial charge in [0.15, 0.2) is 0 Å². The molecule has 0 heterocycles. The fourth-order valence-corrected chi connectivity index (χ4v) is 3.08. The van der Waals surface area contributed by atoms with Gasteiger partial charge in [-0.05, 0) is 55.0 Å². The van der Waals surface area contributed by atoms with Crippen molar-refractivity contribution in [3.05, 3.63) is 89.0 Å². The third-order valence-electron chi connectivity index (χ3n) is 4.56. The summed E-state index contributed by atoms with van der Waals surface area (Å²) >= 11 is 0. The number of rotatable bonds is 6. The normalized spacial score (nSPS) is 10.1. The molecule has 0 spiro atoms. The Bertz CT molecular complexity index is 1070. The number of aryl methyl sites for hydroxylation is 1. The molecular weight excluding hydrogens is 362 g/mol. The molecule has 3 aromatic carbocycles. The lowest BCUT2D eigenvalue weighted by atomic mass is 10.1. The van der Waals surface area contributed by atoms with Crippen LogP contribution in [0, 0.1) is 18.3 Å². The average Bonchev–Trinajstić information content (AvgIpc) is 2.72. The zero-order chi connectivity index (χ0) is 20.8. The highest BCUT2D eigenvalue weighted by atomic mass is 16.5. The maximum absolute atomic E-state index is 12.7. The molecule has 146 valence electrons. The predicted octanol–water partition coefficient (Wildman–Crippen LogP) is 4.76. The van der Waals surface area contributed by atoms with E-state index in [2.05, 4.69) is 11.4 Å². The third kappa shape index (κ3) is 4.94. The SMILES string of the molecule is Cc1cc(NC(=O)c2cccc(OCc3ccccc3C#N)c2)ccc1N(C)C. The monoisotopic (exact) mass is 385 g/mol. The molecule has 29 heavy (non-hydrogen) atoms. The Morgan fingerprint density at radius 1 is 1.07 bits per heavy atom. The minimum Gasteiger partial charge on any atom is -0.489 e. The molecule has 0 fully saturated rings. The second kappa shape index (κ2) is 8.94.